The average molecular weight is 312 g/mol. The second kappa shape index (κ2) is 7.55. The number of nitrogens with two attached hydrogens (primary N) is 1. The summed E-state index contributed by atoms with van der Waals surface area (Å²) in [5.41, 5.74) is 8.82. The Hall–Kier alpha value is -1.95. The summed E-state index contributed by atoms with van der Waals surface area (Å²) in [6.07, 6.45) is 3.98. The number of benzene rings is 1. The molecule has 0 amide bonds. The molecule has 5 nitrogen and oxygen atoms in total. The van der Waals surface area contributed by atoms with Gasteiger partial charge in [-0.05, 0) is 38.1 Å². The Morgan fingerprint density at radius 1 is 1.13 bits per heavy atom. The Kier molecular flexibility index (Phi) is 5.23. The minimum atomic E-state index is 0.117. The molecule has 0 saturated carbocycles. The Morgan fingerprint density at radius 3 is 2.83 bits per heavy atom. The lowest BCUT2D eigenvalue weighted by atomic mass is 10.1. The smallest absolute Gasteiger partial charge is 0.0784 e. The van der Waals surface area contributed by atoms with Gasteiger partial charge >= 0.3 is 0 Å². The summed E-state index contributed by atoms with van der Waals surface area (Å²) in [6.45, 7) is 3.10. The van der Waals surface area contributed by atoms with E-state index in [1.54, 1.807) is 0 Å². The van der Waals surface area contributed by atoms with Crippen molar-refractivity contribution in [2.75, 3.05) is 19.7 Å². The van der Waals surface area contributed by atoms with Gasteiger partial charge < -0.3 is 20.7 Å². The zero-order valence-electron chi connectivity index (χ0n) is 13.3. The van der Waals surface area contributed by atoms with E-state index in [1.807, 2.05) is 12.3 Å². The van der Waals surface area contributed by atoms with Crippen LogP contribution in [0.3, 0.4) is 0 Å². The van der Waals surface area contributed by atoms with Crippen LogP contribution < -0.4 is 11.1 Å². The van der Waals surface area contributed by atoms with Crippen molar-refractivity contribution in [2.24, 2.45) is 5.73 Å². The fourth-order valence-electron chi connectivity index (χ4n) is 3.14. The summed E-state index contributed by atoms with van der Waals surface area (Å²) in [5.74, 6) is 0. The van der Waals surface area contributed by atoms with E-state index in [2.05, 4.69) is 39.1 Å². The number of aliphatic hydroxyl groups is 1. The number of aliphatic hydroxyl groups excluding tert-OH is 1. The van der Waals surface area contributed by atoms with Crippen molar-refractivity contribution in [1.29, 1.82) is 0 Å². The van der Waals surface area contributed by atoms with Crippen molar-refractivity contribution in [1.82, 2.24) is 14.9 Å². The highest BCUT2D eigenvalue weighted by atomic mass is 16.3. The van der Waals surface area contributed by atoms with Gasteiger partial charge in [0, 0.05) is 35.6 Å². The lowest BCUT2D eigenvalue weighted by Gasteiger charge is -2.10. The van der Waals surface area contributed by atoms with Crippen LogP contribution >= 0.6 is 0 Å². The van der Waals surface area contributed by atoms with Gasteiger partial charge in [0.1, 0.15) is 0 Å². The molecule has 4 N–H and O–H groups in total. The highest BCUT2D eigenvalue weighted by Gasteiger charge is 2.13. The van der Waals surface area contributed by atoms with E-state index in [-0.39, 0.29) is 6.61 Å². The van der Waals surface area contributed by atoms with Gasteiger partial charge in [0.25, 0.3) is 0 Å². The molecule has 0 unspecified atom stereocenters. The molecule has 0 atom stereocenters. The van der Waals surface area contributed by atoms with Gasteiger partial charge in [-0.15, -0.1) is 0 Å². The van der Waals surface area contributed by atoms with Gasteiger partial charge in [0.05, 0.1) is 17.8 Å². The monoisotopic (exact) mass is 312 g/mol. The van der Waals surface area contributed by atoms with Crippen LogP contribution in [0, 0.1) is 0 Å². The van der Waals surface area contributed by atoms with Gasteiger partial charge in [-0.2, -0.15) is 0 Å². The third-order valence-corrected chi connectivity index (χ3v) is 4.18. The van der Waals surface area contributed by atoms with E-state index in [4.69, 9.17) is 5.73 Å². The number of hydrogen-bond acceptors (Lipinski definition) is 4. The maximum Gasteiger partial charge on any atom is 0.0784 e. The first-order chi connectivity index (χ1) is 11.4. The molecule has 0 fully saturated rings. The first-order valence-corrected chi connectivity index (χ1v) is 8.23. The average Bonchev–Trinajstić information content (AvgIpc) is 2.90. The number of para-hydroxylation sites is 1. The topological polar surface area (TPSA) is 76.1 Å². The molecule has 122 valence electrons. The van der Waals surface area contributed by atoms with Crippen molar-refractivity contribution in [2.45, 2.75) is 25.9 Å². The van der Waals surface area contributed by atoms with Gasteiger partial charge in [-0.25, -0.2) is 0 Å². The molecular formula is C18H24N4O. The quantitative estimate of drug-likeness (QED) is 0.556. The summed E-state index contributed by atoms with van der Waals surface area (Å²) in [6, 6.07) is 10.4. The predicted octanol–water partition coefficient (Wildman–Crippen LogP) is 2.01. The Bertz CT molecular complexity index is 781. The van der Waals surface area contributed by atoms with E-state index < -0.39 is 0 Å². The molecule has 3 rings (SSSR count). The zero-order chi connectivity index (χ0) is 16.1. The van der Waals surface area contributed by atoms with Gasteiger partial charge in [0.15, 0.2) is 0 Å². The van der Waals surface area contributed by atoms with Crippen LogP contribution in [0.2, 0.25) is 0 Å². The molecule has 0 aliphatic carbocycles. The van der Waals surface area contributed by atoms with Crippen molar-refractivity contribution in [3.63, 3.8) is 0 Å². The number of nitrogens with zero attached hydrogens (tertiary/aromatic N) is 2. The fraction of sp³-hybridized carbons (Fsp3) is 0.389. The number of hydrogen-bond donors (Lipinski definition) is 3. The van der Waals surface area contributed by atoms with Crippen molar-refractivity contribution >= 4 is 21.8 Å². The third-order valence-electron chi connectivity index (χ3n) is 4.18. The molecular weight excluding hydrogens is 288 g/mol. The van der Waals surface area contributed by atoms with Gasteiger partial charge in [-0.1, -0.05) is 18.2 Å². The minimum Gasteiger partial charge on any atom is -0.395 e. The molecule has 23 heavy (non-hydrogen) atoms. The highest BCUT2D eigenvalue weighted by Crippen LogP contribution is 2.30. The van der Waals surface area contributed by atoms with E-state index in [9.17, 15) is 5.11 Å². The van der Waals surface area contributed by atoms with Crippen molar-refractivity contribution in [3.05, 3.63) is 42.2 Å². The molecule has 0 saturated heterocycles. The Morgan fingerprint density at radius 2 is 2.00 bits per heavy atom. The first-order valence-electron chi connectivity index (χ1n) is 8.23. The van der Waals surface area contributed by atoms with E-state index in [0.29, 0.717) is 6.54 Å². The number of aromatic nitrogens is 2. The fourth-order valence-corrected chi connectivity index (χ4v) is 3.14. The Labute approximate surface area is 136 Å². The molecule has 0 radical (unpaired) electrons. The summed E-state index contributed by atoms with van der Waals surface area (Å²) < 4.78 is 2.18. The van der Waals surface area contributed by atoms with Crippen LogP contribution in [0.15, 0.2) is 36.5 Å². The molecule has 1 aromatic carbocycles. The molecule has 0 aliphatic rings. The maximum absolute atomic E-state index is 9.45. The SMILES string of the molecule is NCCCCNCc1nccc2c3ccccc3n(CCO)c12. The molecule has 2 heterocycles. The minimum absolute atomic E-state index is 0.117. The number of pyridine rings is 1. The predicted molar refractivity (Wildman–Crippen MR) is 94.3 cm³/mol. The standard InChI is InChI=1S/C18H24N4O/c19-8-3-4-9-20-13-16-18-15(7-10-21-16)14-5-1-2-6-17(14)22(18)11-12-23/h1-2,5-7,10,20,23H,3-4,8-9,11-13,19H2. The number of rotatable bonds is 8. The summed E-state index contributed by atoms with van der Waals surface area (Å²) >= 11 is 0. The van der Waals surface area contributed by atoms with E-state index >= 15 is 0 Å². The summed E-state index contributed by atoms with van der Waals surface area (Å²) in [4.78, 5) is 4.57. The number of unbranched alkanes of at least 4 members (excludes halogenated alkanes) is 1. The highest BCUT2D eigenvalue weighted by molar-refractivity contribution is 6.08. The van der Waals surface area contributed by atoms with Crippen molar-refractivity contribution in [3.8, 4) is 0 Å². The van der Waals surface area contributed by atoms with Gasteiger partial charge in [-0.3, -0.25) is 4.98 Å². The molecule has 3 aromatic rings. The first kappa shape index (κ1) is 15.9. The second-order valence-electron chi connectivity index (χ2n) is 5.72. The normalized spacial score (nSPS) is 11.6. The zero-order valence-corrected chi connectivity index (χ0v) is 13.3. The van der Waals surface area contributed by atoms with Crippen LogP contribution in [0.25, 0.3) is 21.8 Å². The van der Waals surface area contributed by atoms with Crippen molar-refractivity contribution < 1.29 is 5.11 Å². The number of fused-ring (bicyclic) bond motifs is 3. The van der Waals surface area contributed by atoms with Crippen LogP contribution in [-0.4, -0.2) is 34.4 Å². The lowest BCUT2D eigenvalue weighted by molar-refractivity contribution is 0.279. The second-order valence-corrected chi connectivity index (χ2v) is 5.72. The third kappa shape index (κ3) is 3.22. The summed E-state index contributed by atoms with van der Waals surface area (Å²) in [7, 11) is 0. The molecule has 2 aromatic heterocycles. The van der Waals surface area contributed by atoms with Crippen LogP contribution in [-0.2, 0) is 13.1 Å². The van der Waals surface area contributed by atoms with Crippen LogP contribution in [0.4, 0.5) is 0 Å². The largest absolute Gasteiger partial charge is 0.395 e. The lowest BCUT2D eigenvalue weighted by Crippen LogP contribution is -2.17. The molecule has 0 spiro atoms. The number of nitrogens with one attached hydrogen (secondary N) is 1. The Balaban J connectivity index is 1.98. The molecule has 0 bridgehead atoms. The maximum atomic E-state index is 9.45. The van der Waals surface area contributed by atoms with Crippen LogP contribution in [0.5, 0.6) is 0 Å². The van der Waals surface area contributed by atoms with Crippen LogP contribution in [0.1, 0.15) is 18.5 Å². The van der Waals surface area contributed by atoms with E-state index in [0.717, 1.165) is 49.2 Å². The molecule has 5 heteroatoms. The van der Waals surface area contributed by atoms with Gasteiger partial charge in [0.2, 0.25) is 0 Å². The molecule has 0 aliphatic heterocycles. The summed E-state index contributed by atoms with van der Waals surface area (Å²) in [5, 5.41) is 15.3. The van der Waals surface area contributed by atoms with E-state index in [1.165, 1.54) is 10.8 Å².